The first kappa shape index (κ1) is 12.3. The first-order valence-corrected chi connectivity index (χ1v) is 5.09. The molecule has 0 saturated heterocycles. The van der Waals surface area contributed by atoms with Gasteiger partial charge >= 0.3 is 0 Å². The van der Waals surface area contributed by atoms with Gasteiger partial charge in [0, 0.05) is 12.0 Å². The van der Waals surface area contributed by atoms with Crippen molar-refractivity contribution in [2.24, 2.45) is 0 Å². The molecule has 0 fully saturated rings. The Kier molecular flexibility index (Phi) is 5.17. The van der Waals surface area contributed by atoms with Crippen molar-refractivity contribution in [3.8, 4) is 17.6 Å². The van der Waals surface area contributed by atoms with Crippen molar-refractivity contribution in [3.05, 3.63) is 23.8 Å². The van der Waals surface area contributed by atoms with Crippen molar-refractivity contribution in [2.45, 2.75) is 19.4 Å². The van der Waals surface area contributed by atoms with Gasteiger partial charge in [-0.1, -0.05) is 0 Å². The van der Waals surface area contributed by atoms with Crippen LogP contribution in [0.25, 0.3) is 0 Å². The van der Waals surface area contributed by atoms with Gasteiger partial charge < -0.3 is 14.6 Å². The summed E-state index contributed by atoms with van der Waals surface area (Å²) in [5, 5.41) is 17.5. The van der Waals surface area contributed by atoms with Crippen LogP contribution in [0.5, 0.6) is 11.5 Å². The number of unbranched alkanes of at least 4 members (excludes halogenated alkanes) is 1. The van der Waals surface area contributed by atoms with Crippen molar-refractivity contribution in [1.82, 2.24) is 0 Å². The van der Waals surface area contributed by atoms with E-state index in [1.807, 2.05) is 0 Å². The van der Waals surface area contributed by atoms with Crippen LogP contribution in [0.3, 0.4) is 0 Å². The Morgan fingerprint density at radius 3 is 2.88 bits per heavy atom. The second-order valence-electron chi connectivity index (χ2n) is 3.24. The summed E-state index contributed by atoms with van der Waals surface area (Å²) in [7, 11) is 1.57. The van der Waals surface area contributed by atoms with Gasteiger partial charge in [-0.2, -0.15) is 5.26 Å². The molecule has 0 bridgehead atoms. The molecule has 1 rings (SSSR count). The quantitative estimate of drug-likeness (QED) is 0.745. The average Bonchev–Trinajstić information content (AvgIpc) is 2.34. The highest BCUT2D eigenvalue weighted by atomic mass is 16.5. The van der Waals surface area contributed by atoms with Crippen LogP contribution in [-0.2, 0) is 6.61 Å². The maximum Gasteiger partial charge on any atom is 0.125 e. The van der Waals surface area contributed by atoms with E-state index in [1.54, 1.807) is 25.3 Å². The van der Waals surface area contributed by atoms with Crippen molar-refractivity contribution in [3.63, 3.8) is 0 Å². The molecule has 0 aromatic heterocycles. The van der Waals surface area contributed by atoms with E-state index in [2.05, 4.69) is 6.07 Å². The second kappa shape index (κ2) is 6.70. The average molecular weight is 221 g/mol. The molecule has 16 heavy (non-hydrogen) atoms. The number of rotatable bonds is 6. The highest BCUT2D eigenvalue weighted by Gasteiger charge is 2.04. The van der Waals surface area contributed by atoms with E-state index in [0.29, 0.717) is 36.5 Å². The first-order valence-electron chi connectivity index (χ1n) is 5.09. The molecule has 0 aliphatic carbocycles. The third-order valence-electron chi connectivity index (χ3n) is 2.13. The lowest BCUT2D eigenvalue weighted by atomic mass is 10.2. The largest absolute Gasteiger partial charge is 0.497 e. The zero-order chi connectivity index (χ0) is 11.8. The van der Waals surface area contributed by atoms with Gasteiger partial charge in [0.2, 0.25) is 0 Å². The van der Waals surface area contributed by atoms with E-state index < -0.39 is 0 Å². The van der Waals surface area contributed by atoms with Crippen molar-refractivity contribution in [1.29, 1.82) is 5.26 Å². The number of aliphatic hydroxyl groups excluding tert-OH is 1. The summed E-state index contributed by atoms with van der Waals surface area (Å²) in [6, 6.07) is 7.32. The van der Waals surface area contributed by atoms with Crippen molar-refractivity contribution < 1.29 is 14.6 Å². The molecule has 0 aliphatic heterocycles. The third kappa shape index (κ3) is 3.44. The maximum atomic E-state index is 9.15. The van der Waals surface area contributed by atoms with Crippen molar-refractivity contribution >= 4 is 0 Å². The molecule has 1 aromatic carbocycles. The van der Waals surface area contributed by atoms with E-state index in [9.17, 15) is 0 Å². The molecule has 0 atom stereocenters. The van der Waals surface area contributed by atoms with Crippen LogP contribution in [0.4, 0.5) is 0 Å². The monoisotopic (exact) mass is 221 g/mol. The zero-order valence-corrected chi connectivity index (χ0v) is 9.27. The first-order chi connectivity index (χ1) is 7.81. The molecule has 0 unspecified atom stereocenters. The van der Waals surface area contributed by atoms with Crippen LogP contribution in [-0.4, -0.2) is 18.8 Å². The Hall–Kier alpha value is -1.73. The topological polar surface area (TPSA) is 62.5 Å². The Morgan fingerprint density at radius 1 is 1.44 bits per heavy atom. The standard InChI is InChI=1S/C12H15NO3/c1-15-11-4-5-12(10(8-11)9-14)16-7-3-2-6-13/h4-5,8,14H,2-3,7,9H2,1H3. The fourth-order valence-corrected chi connectivity index (χ4v) is 1.28. The second-order valence-corrected chi connectivity index (χ2v) is 3.24. The van der Waals surface area contributed by atoms with Crippen LogP contribution in [0.2, 0.25) is 0 Å². The summed E-state index contributed by atoms with van der Waals surface area (Å²) in [5.41, 5.74) is 0.691. The van der Waals surface area contributed by atoms with Crippen molar-refractivity contribution in [2.75, 3.05) is 13.7 Å². The summed E-state index contributed by atoms with van der Waals surface area (Å²) < 4.78 is 10.5. The van der Waals surface area contributed by atoms with E-state index in [4.69, 9.17) is 19.8 Å². The highest BCUT2D eigenvalue weighted by Crippen LogP contribution is 2.24. The predicted octanol–water partition coefficient (Wildman–Crippen LogP) is 1.87. The Morgan fingerprint density at radius 2 is 2.25 bits per heavy atom. The molecule has 4 heteroatoms. The molecule has 0 heterocycles. The fourth-order valence-electron chi connectivity index (χ4n) is 1.28. The number of ether oxygens (including phenoxy) is 2. The number of hydrogen-bond donors (Lipinski definition) is 1. The van der Waals surface area contributed by atoms with Gasteiger partial charge in [0.25, 0.3) is 0 Å². The minimum atomic E-state index is -0.0925. The number of aliphatic hydroxyl groups is 1. The Bertz CT molecular complexity index is 371. The molecule has 1 N–H and O–H groups in total. The summed E-state index contributed by atoms with van der Waals surface area (Å²) in [6.45, 7) is 0.387. The Balaban J connectivity index is 2.61. The van der Waals surface area contributed by atoms with Gasteiger partial charge in [-0.05, 0) is 24.6 Å². The molecule has 4 nitrogen and oxygen atoms in total. The van der Waals surface area contributed by atoms with Crippen LogP contribution in [0.15, 0.2) is 18.2 Å². The molecule has 0 saturated carbocycles. The van der Waals surface area contributed by atoms with Crippen LogP contribution in [0, 0.1) is 11.3 Å². The van der Waals surface area contributed by atoms with Crippen LogP contribution >= 0.6 is 0 Å². The van der Waals surface area contributed by atoms with E-state index in [0.717, 1.165) is 0 Å². The van der Waals surface area contributed by atoms with Gasteiger partial charge in [-0.3, -0.25) is 0 Å². The summed E-state index contributed by atoms with van der Waals surface area (Å²) >= 11 is 0. The Labute approximate surface area is 95.0 Å². The summed E-state index contributed by atoms with van der Waals surface area (Å²) in [4.78, 5) is 0. The highest BCUT2D eigenvalue weighted by molar-refractivity contribution is 5.39. The molecule has 1 aromatic rings. The summed E-state index contributed by atoms with van der Waals surface area (Å²) in [5.74, 6) is 1.33. The number of methoxy groups -OCH3 is 1. The molecular formula is C12H15NO3. The number of nitriles is 1. The third-order valence-corrected chi connectivity index (χ3v) is 2.13. The molecule has 0 radical (unpaired) electrons. The van der Waals surface area contributed by atoms with Gasteiger partial charge in [-0.25, -0.2) is 0 Å². The van der Waals surface area contributed by atoms with Gasteiger partial charge in [-0.15, -0.1) is 0 Å². The van der Waals surface area contributed by atoms with Gasteiger partial charge in [0.1, 0.15) is 11.5 Å². The number of benzene rings is 1. The van der Waals surface area contributed by atoms with E-state index in [-0.39, 0.29) is 6.61 Å². The van der Waals surface area contributed by atoms with Crippen LogP contribution in [0.1, 0.15) is 18.4 Å². The SMILES string of the molecule is COc1ccc(OCCCC#N)c(CO)c1. The summed E-state index contributed by atoms with van der Waals surface area (Å²) in [6.07, 6.45) is 1.16. The zero-order valence-electron chi connectivity index (χ0n) is 9.27. The number of hydrogen-bond acceptors (Lipinski definition) is 4. The minimum Gasteiger partial charge on any atom is -0.497 e. The molecule has 0 aliphatic rings. The fraction of sp³-hybridized carbons (Fsp3) is 0.417. The van der Waals surface area contributed by atoms with Gasteiger partial charge in [0.05, 0.1) is 26.4 Å². The lowest BCUT2D eigenvalue weighted by molar-refractivity contribution is 0.260. The van der Waals surface area contributed by atoms with Crippen LogP contribution < -0.4 is 9.47 Å². The molecular weight excluding hydrogens is 206 g/mol. The lowest BCUT2D eigenvalue weighted by Crippen LogP contribution is -2.00. The predicted molar refractivity (Wildman–Crippen MR) is 59.3 cm³/mol. The minimum absolute atomic E-state index is 0.0925. The normalized spacial score (nSPS) is 9.56. The van der Waals surface area contributed by atoms with E-state index >= 15 is 0 Å². The maximum absolute atomic E-state index is 9.15. The van der Waals surface area contributed by atoms with E-state index in [1.165, 1.54) is 0 Å². The number of nitrogens with zero attached hydrogens (tertiary/aromatic N) is 1. The van der Waals surface area contributed by atoms with Gasteiger partial charge in [0.15, 0.2) is 0 Å². The lowest BCUT2D eigenvalue weighted by Gasteiger charge is -2.10. The smallest absolute Gasteiger partial charge is 0.125 e. The molecule has 0 amide bonds. The molecule has 86 valence electrons. The molecule has 0 spiro atoms.